The number of hydrogen-bond donors (Lipinski definition) is 1. The second-order valence-corrected chi connectivity index (χ2v) is 9.13. The summed E-state index contributed by atoms with van der Waals surface area (Å²) in [7, 11) is -3.62. The normalized spacial score (nSPS) is 16.1. The average Bonchev–Trinajstić information content (AvgIpc) is 2.68. The van der Waals surface area contributed by atoms with Gasteiger partial charge in [-0.1, -0.05) is 48.0 Å². The van der Waals surface area contributed by atoms with Crippen LogP contribution in [0.25, 0.3) is 0 Å². The highest BCUT2D eigenvalue weighted by Crippen LogP contribution is 2.24. The SMILES string of the molecule is Cc1ccccc1CNC(=O)CN1CCN(S(=O)(=O)c2ccccc2Cl)CC1. The van der Waals surface area contributed by atoms with Crippen LogP contribution in [0, 0.1) is 6.92 Å². The van der Waals surface area contributed by atoms with Crippen LogP contribution < -0.4 is 5.32 Å². The number of piperazine rings is 1. The summed E-state index contributed by atoms with van der Waals surface area (Å²) in [6.07, 6.45) is 0. The minimum Gasteiger partial charge on any atom is -0.351 e. The van der Waals surface area contributed by atoms with Gasteiger partial charge in [0.1, 0.15) is 4.90 Å². The van der Waals surface area contributed by atoms with Crippen LogP contribution in [0.3, 0.4) is 0 Å². The molecular formula is C20H24ClN3O3S. The minimum absolute atomic E-state index is 0.0642. The molecule has 1 fully saturated rings. The van der Waals surface area contributed by atoms with Crippen LogP contribution in [-0.4, -0.2) is 56.3 Å². The van der Waals surface area contributed by atoms with E-state index in [1.807, 2.05) is 36.1 Å². The van der Waals surface area contributed by atoms with Crippen molar-refractivity contribution in [2.24, 2.45) is 0 Å². The molecule has 3 rings (SSSR count). The van der Waals surface area contributed by atoms with Crippen LogP contribution in [0.5, 0.6) is 0 Å². The van der Waals surface area contributed by atoms with Gasteiger partial charge in [0.05, 0.1) is 11.6 Å². The molecule has 150 valence electrons. The Morgan fingerprint density at radius 2 is 1.68 bits per heavy atom. The van der Waals surface area contributed by atoms with Crippen molar-refractivity contribution >= 4 is 27.5 Å². The van der Waals surface area contributed by atoms with Gasteiger partial charge in [-0.05, 0) is 30.2 Å². The smallest absolute Gasteiger partial charge is 0.244 e. The zero-order chi connectivity index (χ0) is 20.1. The number of sulfonamides is 1. The first-order valence-corrected chi connectivity index (χ1v) is 11.0. The second-order valence-electron chi connectivity index (χ2n) is 6.81. The first-order valence-electron chi connectivity index (χ1n) is 9.16. The Morgan fingerprint density at radius 3 is 2.36 bits per heavy atom. The number of benzene rings is 2. The first kappa shape index (κ1) is 20.8. The van der Waals surface area contributed by atoms with Gasteiger partial charge >= 0.3 is 0 Å². The highest BCUT2D eigenvalue weighted by atomic mass is 35.5. The third-order valence-corrected chi connectivity index (χ3v) is 7.29. The molecule has 0 atom stereocenters. The third kappa shape index (κ3) is 4.91. The van der Waals surface area contributed by atoms with Crippen molar-refractivity contribution in [1.29, 1.82) is 0 Å². The molecule has 0 bridgehead atoms. The topological polar surface area (TPSA) is 69.7 Å². The van der Waals surface area contributed by atoms with Gasteiger partial charge in [-0.25, -0.2) is 8.42 Å². The van der Waals surface area contributed by atoms with Gasteiger partial charge in [0.2, 0.25) is 15.9 Å². The largest absolute Gasteiger partial charge is 0.351 e. The maximum Gasteiger partial charge on any atom is 0.244 e. The van der Waals surface area contributed by atoms with Crippen molar-refractivity contribution in [3.05, 3.63) is 64.7 Å². The van der Waals surface area contributed by atoms with Gasteiger partial charge in [0.15, 0.2) is 0 Å². The van der Waals surface area contributed by atoms with Crippen LogP contribution in [0.4, 0.5) is 0 Å². The Labute approximate surface area is 171 Å². The molecule has 0 unspecified atom stereocenters. The molecule has 0 aliphatic carbocycles. The van der Waals surface area contributed by atoms with Crippen molar-refractivity contribution < 1.29 is 13.2 Å². The highest BCUT2D eigenvalue weighted by Gasteiger charge is 2.30. The van der Waals surface area contributed by atoms with Gasteiger partial charge in [-0.15, -0.1) is 0 Å². The second kappa shape index (κ2) is 9.05. The number of aryl methyl sites for hydroxylation is 1. The molecule has 0 saturated carbocycles. The van der Waals surface area contributed by atoms with Crippen LogP contribution in [0.1, 0.15) is 11.1 Å². The van der Waals surface area contributed by atoms with Crippen molar-refractivity contribution in [2.45, 2.75) is 18.4 Å². The van der Waals surface area contributed by atoms with Crippen LogP contribution in [0.15, 0.2) is 53.4 Å². The molecule has 6 nitrogen and oxygen atoms in total. The van der Waals surface area contributed by atoms with Crippen LogP contribution in [-0.2, 0) is 21.4 Å². The molecule has 1 heterocycles. The lowest BCUT2D eigenvalue weighted by Crippen LogP contribution is -2.51. The summed E-state index contributed by atoms with van der Waals surface area (Å²) in [5.74, 6) is -0.0642. The number of amides is 1. The van der Waals surface area contributed by atoms with Crippen molar-refractivity contribution in [2.75, 3.05) is 32.7 Å². The molecule has 1 saturated heterocycles. The summed E-state index contributed by atoms with van der Waals surface area (Å²) in [4.78, 5) is 14.3. The van der Waals surface area contributed by atoms with Crippen molar-refractivity contribution in [3.63, 3.8) is 0 Å². The number of halogens is 1. The molecular weight excluding hydrogens is 398 g/mol. The van der Waals surface area contributed by atoms with Crippen molar-refractivity contribution in [3.8, 4) is 0 Å². The van der Waals surface area contributed by atoms with E-state index in [1.54, 1.807) is 18.2 Å². The van der Waals surface area contributed by atoms with E-state index in [0.29, 0.717) is 32.7 Å². The van der Waals surface area contributed by atoms with E-state index in [4.69, 9.17) is 11.6 Å². The third-order valence-electron chi connectivity index (χ3n) is 4.89. The Kier molecular flexibility index (Phi) is 6.72. The average molecular weight is 422 g/mol. The molecule has 2 aromatic carbocycles. The zero-order valence-corrected chi connectivity index (χ0v) is 17.3. The first-order chi connectivity index (χ1) is 13.4. The number of carbonyl (C=O) groups is 1. The molecule has 1 N–H and O–H groups in total. The lowest BCUT2D eigenvalue weighted by molar-refractivity contribution is -0.122. The van der Waals surface area contributed by atoms with Crippen molar-refractivity contribution in [1.82, 2.24) is 14.5 Å². The predicted molar refractivity (Wildman–Crippen MR) is 110 cm³/mol. The number of hydrogen-bond acceptors (Lipinski definition) is 4. The van der Waals surface area contributed by atoms with E-state index < -0.39 is 10.0 Å². The molecule has 1 aliphatic heterocycles. The Balaban J connectivity index is 1.51. The van der Waals surface area contributed by atoms with E-state index >= 15 is 0 Å². The van der Waals surface area contributed by atoms with E-state index in [0.717, 1.165) is 11.1 Å². The summed E-state index contributed by atoms with van der Waals surface area (Å²) >= 11 is 6.05. The van der Waals surface area contributed by atoms with Gasteiger partial charge in [0, 0.05) is 32.7 Å². The summed E-state index contributed by atoms with van der Waals surface area (Å²) < 4.78 is 27.0. The van der Waals surface area contributed by atoms with E-state index in [2.05, 4.69) is 5.32 Å². The van der Waals surface area contributed by atoms with Gasteiger partial charge in [-0.3, -0.25) is 9.69 Å². The number of carbonyl (C=O) groups excluding carboxylic acids is 1. The number of nitrogens with one attached hydrogen (secondary N) is 1. The Hall–Kier alpha value is -1.93. The summed E-state index contributed by atoms with van der Waals surface area (Å²) in [5, 5.41) is 3.15. The van der Waals surface area contributed by atoms with Crippen LogP contribution >= 0.6 is 11.6 Å². The minimum atomic E-state index is -3.62. The molecule has 28 heavy (non-hydrogen) atoms. The standard InChI is InChI=1S/C20H24ClN3O3S/c1-16-6-2-3-7-17(16)14-22-20(25)15-23-10-12-24(13-11-23)28(26,27)19-9-5-4-8-18(19)21/h2-9H,10-15H2,1H3,(H,22,25). The Bertz CT molecular complexity index is 941. The fourth-order valence-electron chi connectivity index (χ4n) is 3.18. The molecule has 2 aromatic rings. The Morgan fingerprint density at radius 1 is 1.04 bits per heavy atom. The van der Waals surface area contributed by atoms with Gasteiger partial charge < -0.3 is 5.32 Å². The van der Waals surface area contributed by atoms with Crippen LogP contribution in [0.2, 0.25) is 5.02 Å². The fraction of sp³-hybridized carbons (Fsp3) is 0.350. The van der Waals surface area contributed by atoms with E-state index in [1.165, 1.54) is 10.4 Å². The zero-order valence-electron chi connectivity index (χ0n) is 15.8. The predicted octanol–water partition coefficient (Wildman–Crippen LogP) is 2.27. The molecule has 0 radical (unpaired) electrons. The quantitative estimate of drug-likeness (QED) is 0.776. The molecule has 0 spiro atoms. The molecule has 1 amide bonds. The summed E-state index contributed by atoms with van der Waals surface area (Å²) in [5.41, 5.74) is 2.23. The number of nitrogens with zero attached hydrogens (tertiary/aromatic N) is 2. The lowest BCUT2D eigenvalue weighted by atomic mass is 10.1. The lowest BCUT2D eigenvalue weighted by Gasteiger charge is -2.33. The summed E-state index contributed by atoms with van der Waals surface area (Å²) in [6.45, 7) is 4.43. The maximum atomic E-state index is 12.8. The fourth-order valence-corrected chi connectivity index (χ4v) is 5.10. The van der Waals surface area contributed by atoms with E-state index in [9.17, 15) is 13.2 Å². The molecule has 8 heteroatoms. The molecule has 0 aromatic heterocycles. The van der Waals surface area contributed by atoms with Gasteiger partial charge in [-0.2, -0.15) is 4.31 Å². The van der Waals surface area contributed by atoms with E-state index in [-0.39, 0.29) is 22.4 Å². The highest BCUT2D eigenvalue weighted by molar-refractivity contribution is 7.89. The monoisotopic (exact) mass is 421 g/mol. The van der Waals surface area contributed by atoms with Gasteiger partial charge in [0.25, 0.3) is 0 Å². The molecule has 1 aliphatic rings. The summed E-state index contributed by atoms with van der Waals surface area (Å²) in [6, 6.07) is 14.4. The maximum absolute atomic E-state index is 12.8. The number of rotatable bonds is 6.